The maximum absolute atomic E-state index is 12.4. The Kier molecular flexibility index (Phi) is 6.00. The van der Waals surface area contributed by atoms with Crippen LogP contribution in [0.4, 0.5) is 13.2 Å². The lowest BCUT2D eigenvalue weighted by Gasteiger charge is -2.23. The first-order chi connectivity index (χ1) is 12.9. The van der Waals surface area contributed by atoms with Crippen molar-refractivity contribution in [2.45, 2.75) is 38.1 Å². The van der Waals surface area contributed by atoms with Gasteiger partial charge in [0.05, 0.1) is 18.8 Å². The van der Waals surface area contributed by atoms with Crippen LogP contribution < -0.4 is 10.1 Å². The minimum absolute atomic E-state index is 0.0676. The number of amides is 1. The molecule has 1 amide bonds. The average molecular weight is 383 g/mol. The van der Waals surface area contributed by atoms with Gasteiger partial charge >= 0.3 is 6.18 Å². The highest BCUT2D eigenvalue weighted by Gasteiger charge is 2.31. The van der Waals surface area contributed by atoms with Gasteiger partial charge in [0.15, 0.2) is 6.61 Å². The van der Waals surface area contributed by atoms with Gasteiger partial charge in [-0.15, -0.1) is 0 Å². The Balaban J connectivity index is 1.52. The highest BCUT2D eigenvalue weighted by molar-refractivity contribution is 5.81. The van der Waals surface area contributed by atoms with E-state index in [4.69, 9.17) is 4.42 Å². The number of alkyl halides is 3. The Labute approximate surface area is 154 Å². The number of rotatable bonds is 7. The Morgan fingerprint density at radius 3 is 2.89 bits per heavy atom. The SMILES string of the molecule is O=C(NCc1ccco1)[C@@H]1CCCN1Cc1ccc(OCC(F)(F)F)nc1. The number of aromatic nitrogens is 1. The Morgan fingerprint density at radius 2 is 2.22 bits per heavy atom. The quantitative estimate of drug-likeness (QED) is 0.796. The van der Waals surface area contributed by atoms with E-state index in [2.05, 4.69) is 15.0 Å². The van der Waals surface area contributed by atoms with Gasteiger partial charge < -0.3 is 14.5 Å². The van der Waals surface area contributed by atoms with Crippen molar-refractivity contribution in [3.63, 3.8) is 0 Å². The molecule has 0 unspecified atom stereocenters. The fraction of sp³-hybridized carbons (Fsp3) is 0.444. The minimum Gasteiger partial charge on any atom is -0.468 e. The summed E-state index contributed by atoms with van der Waals surface area (Å²) in [4.78, 5) is 18.4. The van der Waals surface area contributed by atoms with Crippen molar-refractivity contribution in [3.05, 3.63) is 48.0 Å². The van der Waals surface area contributed by atoms with E-state index in [0.717, 1.165) is 24.9 Å². The Bertz CT molecular complexity index is 733. The number of pyridine rings is 1. The number of furan rings is 1. The molecule has 146 valence electrons. The van der Waals surface area contributed by atoms with Crippen LogP contribution in [0, 0.1) is 0 Å². The van der Waals surface area contributed by atoms with Crippen LogP contribution in [0.15, 0.2) is 41.1 Å². The lowest BCUT2D eigenvalue weighted by molar-refractivity contribution is -0.154. The number of hydrogen-bond donors (Lipinski definition) is 1. The summed E-state index contributed by atoms with van der Waals surface area (Å²) in [5, 5.41) is 2.87. The molecular weight excluding hydrogens is 363 g/mol. The lowest BCUT2D eigenvalue weighted by Crippen LogP contribution is -2.42. The largest absolute Gasteiger partial charge is 0.468 e. The molecule has 1 aliphatic heterocycles. The summed E-state index contributed by atoms with van der Waals surface area (Å²) in [5.74, 6) is 0.541. The third-order valence-electron chi connectivity index (χ3n) is 4.25. The highest BCUT2D eigenvalue weighted by atomic mass is 19.4. The number of carbonyl (C=O) groups is 1. The van der Waals surface area contributed by atoms with E-state index in [-0.39, 0.29) is 17.8 Å². The monoisotopic (exact) mass is 383 g/mol. The third-order valence-corrected chi connectivity index (χ3v) is 4.25. The van der Waals surface area contributed by atoms with Gasteiger partial charge in [0.25, 0.3) is 0 Å². The van der Waals surface area contributed by atoms with Crippen molar-refractivity contribution >= 4 is 5.91 Å². The molecule has 6 nitrogen and oxygen atoms in total. The maximum Gasteiger partial charge on any atom is 0.422 e. The summed E-state index contributed by atoms with van der Waals surface area (Å²) in [7, 11) is 0. The van der Waals surface area contributed by atoms with E-state index in [0.29, 0.717) is 18.8 Å². The molecule has 0 aromatic carbocycles. The second-order valence-corrected chi connectivity index (χ2v) is 6.33. The fourth-order valence-electron chi connectivity index (χ4n) is 3.00. The van der Waals surface area contributed by atoms with Gasteiger partial charge in [-0.3, -0.25) is 9.69 Å². The molecule has 2 aromatic rings. The van der Waals surface area contributed by atoms with Crippen molar-refractivity contribution in [1.29, 1.82) is 0 Å². The van der Waals surface area contributed by atoms with Gasteiger partial charge in [0, 0.05) is 18.8 Å². The maximum atomic E-state index is 12.4. The number of hydrogen-bond acceptors (Lipinski definition) is 5. The molecule has 0 saturated carbocycles. The Morgan fingerprint density at radius 1 is 1.37 bits per heavy atom. The van der Waals surface area contributed by atoms with Crippen LogP contribution in [0.3, 0.4) is 0 Å². The summed E-state index contributed by atoms with van der Waals surface area (Å²) in [6.45, 7) is 0.225. The van der Waals surface area contributed by atoms with Gasteiger partial charge in [0.2, 0.25) is 11.8 Å². The molecule has 1 atom stereocenters. The normalized spacial score (nSPS) is 17.8. The smallest absolute Gasteiger partial charge is 0.422 e. The van der Waals surface area contributed by atoms with Crippen molar-refractivity contribution in [2.75, 3.05) is 13.2 Å². The van der Waals surface area contributed by atoms with E-state index < -0.39 is 12.8 Å². The second-order valence-electron chi connectivity index (χ2n) is 6.33. The number of halogens is 3. The zero-order valence-electron chi connectivity index (χ0n) is 14.5. The van der Waals surface area contributed by atoms with Gasteiger partial charge in [-0.05, 0) is 37.1 Å². The molecule has 0 aliphatic carbocycles. The summed E-state index contributed by atoms with van der Waals surface area (Å²) in [5.41, 5.74) is 0.806. The average Bonchev–Trinajstić information content (AvgIpc) is 3.30. The number of ether oxygens (including phenoxy) is 1. The summed E-state index contributed by atoms with van der Waals surface area (Å²) in [6.07, 6.45) is 0.287. The van der Waals surface area contributed by atoms with Crippen LogP contribution >= 0.6 is 0 Å². The number of likely N-dealkylation sites (tertiary alicyclic amines) is 1. The highest BCUT2D eigenvalue weighted by Crippen LogP contribution is 2.21. The number of nitrogens with one attached hydrogen (secondary N) is 1. The van der Waals surface area contributed by atoms with Gasteiger partial charge in [-0.1, -0.05) is 6.07 Å². The summed E-state index contributed by atoms with van der Waals surface area (Å²) >= 11 is 0. The molecule has 27 heavy (non-hydrogen) atoms. The van der Waals surface area contributed by atoms with Crippen LogP contribution in [0.5, 0.6) is 5.88 Å². The van der Waals surface area contributed by atoms with Gasteiger partial charge in [-0.25, -0.2) is 4.98 Å². The first-order valence-corrected chi connectivity index (χ1v) is 8.59. The number of nitrogens with zero attached hydrogens (tertiary/aromatic N) is 2. The molecule has 9 heteroatoms. The molecular formula is C18H20F3N3O3. The van der Waals surface area contributed by atoms with Crippen molar-refractivity contribution in [2.24, 2.45) is 0 Å². The molecule has 1 fully saturated rings. The van der Waals surface area contributed by atoms with E-state index in [9.17, 15) is 18.0 Å². The molecule has 0 bridgehead atoms. The topological polar surface area (TPSA) is 67.6 Å². The van der Waals surface area contributed by atoms with Crippen molar-refractivity contribution < 1.29 is 27.1 Å². The fourth-order valence-corrected chi connectivity index (χ4v) is 3.00. The first-order valence-electron chi connectivity index (χ1n) is 8.59. The van der Waals surface area contributed by atoms with Gasteiger partial charge in [-0.2, -0.15) is 13.2 Å². The standard InChI is InChI=1S/C18H20F3N3O3/c19-18(20,21)12-27-16-6-5-13(9-22-16)11-24-7-1-4-15(24)17(25)23-10-14-3-2-8-26-14/h2-3,5-6,8-9,15H,1,4,7,10-12H2,(H,23,25)/t15-/m0/s1. The molecule has 1 N–H and O–H groups in total. The molecule has 3 heterocycles. The summed E-state index contributed by atoms with van der Waals surface area (Å²) < 4.78 is 46.3. The molecule has 0 radical (unpaired) electrons. The predicted octanol–water partition coefficient (Wildman–Crippen LogP) is 2.90. The molecule has 1 aliphatic rings. The Hall–Kier alpha value is -2.55. The molecule has 1 saturated heterocycles. The summed E-state index contributed by atoms with van der Waals surface area (Å²) in [6, 6.07) is 6.37. The van der Waals surface area contributed by atoms with Crippen LogP contribution in [0.1, 0.15) is 24.2 Å². The zero-order valence-corrected chi connectivity index (χ0v) is 14.5. The van der Waals surface area contributed by atoms with E-state index in [1.54, 1.807) is 24.5 Å². The first kappa shape index (κ1) is 19.2. The molecule has 0 spiro atoms. The van der Waals surface area contributed by atoms with E-state index in [1.165, 1.54) is 12.3 Å². The van der Waals surface area contributed by atoms with Crippen LogP contribution in [-0.4, -0.2) is 41.2 Å². The molecule has 3 rings (SSSR count). The second kappa shape index (κ2) is 8.43. The van der Waals surface area contributed by atoms with Crippen molar-refractivity contribution in [1.82, 2.24) is 15.2 Å². The van der Waals surface area contributed by atoms with Crippen LogP contribution in [0.25, 0.3) is 0 Å². The van der Waals surface area contributed by atoms with Crippen LogP contribution in [0.2, 0.25) is 0 Å². The van der Waals surface area contributed by atoms with E-state index >= 15 is 0 Å². The predicted molar refractivity (Wildman–Crippen MR) is 89.8 cm³/mol. The van der Waals surface area contributed by atoms with Gasteiger partial charge in [0.1, 0.15) is 5.76 Å². The van der Waals surface area contributed by atoms with Crippen molar-refractivity contribution in [3.8, 4) is 5.88 Å². The minimum atomic E-state index is -4.40. The zero-order chi connectivity index (χ0) is 19.3. The third kappa shape index (κ3) is 5.72. The van der Waals surface area contributed by atoms with E-state index in [1.807, 2.05) is 4.90 Å². The van der Waals surface area contributed by atoms with Crippen LogP contribution in [-0.2, 0) is 17.9 Å². The number of carbonyl (C=O) groups excluding carboxylic acids is 1. The lowest BCUT2D eigenvalue weighted by atomic mass is 10.2. The molecule has 2 aromatic heterocycles.